The van der Waals surface area contributed by atoms with Gasteiger partial charge < -0.3 is 14.8 Å². The zero-order chi connectivity index (χ0) is 17.9. The molecule has 0 aliphatic carbocycles. The predicted octanol–water partition coefficient (Wildman–Crippen LogP) is 4.03. The fourth-order valence-corrected chi connectivity index (χ4v) is 3.53. The number of amides is 1. The summed E-state index contributed by atoms with van der Waals surface area (Å²) in [6.45, 7) is 1.10. The number of ether oxygens (including phenoxy) is 2. The molecule has 1 fully saturated rings. The lowest BCUT2D eigenvalue weighted by Crippen LogP contribution is -2.49. The van der Waals surface area contributed by atoms with Crippen LogP contribution in [0.25, 0.3) is 0 Å². The third-order valence-corrected chi connectivity index (χ3v) is 4.98. The molecule has 25 heavy (non-hydrogen) atoms. The van der Waals surface area contributed by atoms with Gasteiger partial charge in [-0.2, -0.15) is 0 Å². The number of carbonyl (C=O) groups excluding carboxylic acids is 1. The molecular formula is C19H19BrFNO3. The fraction of sp³-hybridized carbons (Fsp3) is 0.316. The second-order valence-corrected chi connectivity index (χ2v) is 6.92. The molecule has 2 aromatic rings. The molecule has 1 aliphatic heterocycles. The molecule has 0 bridgehead atoms. The second-order valence-electron chi connectivity index (χ2n) is 6.00. The Morgan fingerprint density at radius 1 is 1.24 bits per heavy atom. The van der Waals surface area contributed by atoms with Gasteiger partial charge in [0, 0.05) is 17.7 Å². The number of benzene rings is 2. The van der Waals surface area contributed by atoms with E-state index in [0.717, 1.165) is 10.0 Å². The van der Waals surface area contributed by atoms with Crippen molar-refractivity contribution in [2.75, 3.05) is 20.3 Å². The molecule has 132 valence electrons. The third-order valence-electron chi connectivity index (χ3n) is 4.48. The lowest BCUT2D eigenvalue weighted by atomic mass is 9.82. The smallest absolute Gasteiger partial charge is 0.255 e. The highest BCUT2D eigenvalue weighted by molar-refractivity contribution is 9.10. The van der Waals surface area contributed by atoms with Crippen LogP contribution in [0.15, 0.2) is 46.9 Å². The first kappa shape index (κ1) is 17.9. The molecule has 1 aliphatic rings. The van der Waals surface area contributed by atoms with Crippen molar-refractivity contribution in [1.29, 1.82) is 0 Å². The molecule has 3 rings (SSSR count). The molecule has 1 amide bonds. The van der Waals surface area contributed by atoms with E-state index in [9.17, 15) is 9.18 Å². The molecule has 1 heterocycles. The Labute approximate surface area is 154 Å². The molecule has 4 nitrogen and oxygen atoms in total. The average molecular weight is 408 g/mol. The van der Waals surface area contributed by atoms with Gasteiger partial charge in [-0.25, -0.2) is 4.39 Å². The van der Waals surface area contributed by atoms with Gasteiger partial charge in [-0.3, -0.25) is 4.79 Å². The van der Waals surface area contributed by atoms with Crippen molar-refractivity contribution in [3.05, 3.63) is 63.9 Å². The summed E-state index contributed by atoms with van der Waals surface area (Å²) in [5.41, 5.74) is 0.619. The highest BCUT2D eigenvalue weighted by Crippen LogP contribution is 2.34. The van der Waals surface area contributed by atoms with Crippen LogP contribution < -0.4 is 10.1 Å². The van der Waals surface area contributed by atoms with E-state index in [1.807, 2.05) is 24.3 Å². The summed E-state index contributed by atoms with van der Waals surface area (Å²) in [4.78, 5) is 12.9. The van der Waals surface area contributed by atoms with Crippen molar-refractivity contribution >= 4 is 21.8 Å². The number of rotatable bonds is 4. The Balaban J connectivity index is 1.96. The summed E-state index contributed by atoms with van der Waals surface area (Å²) in [7, 11) is 1.46. The van der Waals surface area contributed by atoms with E-state index in [4.69, 9.17) is 9.47 Å². The van der Waals surface area contributed by atoms with Crippen LogP contribution in [0.5, 0.6) is 5.75 Å². The Morgan fingerprint density at radius 3 is 2.68 bits per heavy atom. The summed E-state index contributed by atoms with van der Waals surface area (Å²) in [6, 6.07) is 11.8. The molecule has 2 aromatic carbocycles. The molecule has 1 saturated heterocycles. The van der Waals surface area contributed by atoms with Crippen molar-refractivity contribution < 1.29 is 18.7 Å². The van der Waals surface area contributed by atoms with E-state index in [2.05, 4.69) is 21.2 Å². The van der Waals surface area contributed by atoms with Crippen LogP contribution in [0.3, 0.4) is 0 Å². The Bertz CT molecular complexity index is 775. The van der Waals surface area contributed by atoms with Gasteiger partial charge in [0.1, 0.15) is 11.6 Å². The second kappa shape index (κ2) is 7.54. The van der Waals surface area contributed by atoms with Crippen molar-refractivity contribution in [2.24, 2.45) is 0 Å². The van der Waals surface area contributed by atoms with Gasteiger partial charge >= 0.3 is 0 Å². The van der Waals surface area contributed by atoms with E-state index in [1.165, 1.54) is 25.3 Å². The molecule has 0 atom stereocenters. The quantitative estimate of drug-likeness (QED) is 0.831. The van der Waals surface area contributed by atoms with E-state index in [1.54, 1.807) is 0 Å². The Kier molecular flexibility index (Phi) is 5.39. The van der Waals surface area contributed by atoms with Crippen molar-refractivity contribution in [3.8, 4) is 5.75 Å². The maximum absolute atomic E-state index is 13.6. The molecule has 1 N–H and O–H groups in total. The Hall–Kier alpha value is -1.92. The van der Waals surface area contributed by atoms with Gasteiger partial charge in [0.15, 0.2) is 0 Å². The molecule has 6 heteroatoms. The van der Waals surface area contributed by atoms with Crippen molar-refractivity contribution in [3.63, 3.8) is 0 Å². The summed E-state index contributed by atoms with van der Waals surface area (Å²) >= 11 is 3.48. The van der Waals surface area contributed by atoms with Crippen molar-refractivity contribution in [2.45, 2.75) is 18.4 Å². The number of hydrogen-bond acceptors (Lipinski definition) is 3. The lowest BCUT2D eigenvalue weighted by Gasteiger charge is -2.38. The zero-order valence-corrected chi connectivity index (χ0v) is 15.4. The topological polar surface area (TPSA) is 47.6 Å². The standard InChI is InChI=1S/C19H19BrFNO3/c1-24-17-6-5-15(21)12-16(17)18(23)22-19(7-9-25-10-8-19)13-3-2-4-14(20)11-13/h2-6,11-12H,7-10H2,1H3,(H,22,23). The summed E-state index contributed by atoms with van der Waals surface area (Å²) in [5.74, 6) is -0.497. The average Bonchev–Trinajstić information content (AvgIpc) is 2.62. The summed E-state index contributed by atoms with van der Waals surface area (Å²) in [6.07, 6.45) is 1.29. The Morgan fingerprint density at radius 2 is 2.00 bits per heavy atom. The summed E-state index contributed by atoms with van der Waals surface area (Å²) < 4.78 is 25.3. The van der Waals surface area contributed by atoms with E-state index >= 15 is 0 Å². The zero-order valence-electron chi connectivity index (χ0n) is 13.9. The highest BCUT2D eigenvalue weighted by atomic mass is 79.9. The van der Waals surface area contributed by atoms with Gasteiger partial charge in [0.05, 0.1) is 18.2 Å². The van der Waals surface area contributed by atoms with Crippen LogP contribution in [-0.2, 0) is 10.3 Å². The first-order valence-electron chi connectivity index (χ1n) is 8.04. The van der Waals surface area contributed by atoms with Crippen LogP contribution in [0.1, 0.15) is 28.8 Å². The molecule has 0 radical (unpaired) electrons. The van der Waals surface area contributed by atoms with E-state index < -0.39 is 11.4 Å². The van der Waals surface area contributed by atoms with Crippen LogP contribution in [0.4, 0.5) is 4.39 Å². The van der Waals surface area contributed by atoms with E-state index in [0.29, 0.717) is 31.8 Å². The van der Waals surface area contributed by atoms with Gasteiger partial charge in [0.2, 0.25) is 0 Å². The minimum Gasteiger partial charge on any atom is -0.496 e. The fourth-order valence-electron chi connectivity index (χ4n) is 3.13. The maximum Gasteiger partial charge on any atom is 0.255 e. The highest BCUT2D eigenvalue weighted by Gasteiger charge is 2.36. The minimum absolute atomic E-state index is 0.184. The minimum atomic E-state index is -0.559. The number of methoxy groups -OCH3 is 1. The number of halogens is 2. The molecule has 0 unspecified atom stereocenters. The van der Waals surface area contributed by atoms with Gasteiger partial charge in [0.25, 0.3) is 5.91 Å². The molecular weight excluding hydrogens is 389 g/mol. The van der Waals surface area contributed by atoms with Gasteiger partial charge in [-0.05, 0) is 48.7 Å². The van der Waals surface area contributed by atoms with Crippen molar-refractivity contribution in [1.82, 2.24) is 5.32 Å². The van der Waals surface area contributed by atoms with Gasteiger partial charge in [-0.15, -0.1) is 0 Å². The SMILES string of the molecule is COc1ccc(F)cc1C(=O)NC1(c2cccc(Br)c2)CCOCC1. The maximum atomic E-state index is 13.6. The lowest BCUT2D eigenvalue weighted by molar-refractivity contribution is 0.0344. The summed E-state index contributed by atoms with van der Waals surface area (Å²) in [5, 5.41) is 3.11. The number of carbonyl (C=O) groups is 1. The van der Waals surface area contributed by atoms with Crippen LogP contribution in [-0.4, -0.2) is 26.2 Å². The largest absolute Gasteiger partial charge is 0.496 e. The van der Waals surface area contributed by atoms with E-state index in [-0.39, 0.29) is 11.5 Å². The molecule has 0 aromatic heterocycles. The molecule has 0 spiro atoms. The number of nitrogens with one attached hydrogen (secondary N) is 1. The number of hydrogen-bond donors (Lipinski definition) is 1. The van der Waals surface area contributed by atoms with Crippen LogP contribution in [0, 0.1) is 5.82 Å². The first-order valence-corrected chi connectivity index (χ1v) is 8.83. The van der Waals surface area contributed by atoms with Crippen LogP contribution in [0.2, 0.25) is 0 Å². The van der Waals surface area contributed by atoms with Crippen LogP contribution >= 0.6 is 15.9 Å². The van der Waals surface area contributed by atoms with Gasteiger partial charge in [-0.1, -0.05) is 28.1 Å². The first-order chi connectivity index (χ1) is 12.0. The predicted molar refractivity (Wildman–Crippen MR) is 96.3 cm³/mol. The monoisotopic (exact) mass is 407 g/mol. The third kappa shape index (κ3) is 3.85. The normalized spacial score (nSPS) is 16.3. The molecule has 0 saturated carbocycles.